The fraction of sp³-hybridized carbons (Fsp3) is 0.750. The number of hydrogen-bond acceptors (Lipinski definition) is 0. The van der Waals surface area contributed by atoms with Gasteiger partial charge in [-0.1, -0.05) is 0 Å². The number of rotatable bonds is 0. The van der Waals surface area contributed by atoms with Crippen LogP contribution in [0, 0.1) is 0 Å². The van der Waals surface area contributed by atoms with Crippen LogP contribution in [0.4, 0.5) is 0 Å². The first-order valence-electron chi connectivity index (χ1n) is 2.04. The van der Waals surface area contributed by atoms with Gasteiger partial charge in [0.15, 0.2) is 0 Å². The maximum absolute atomic E-state index is 2.55. The predicted molar refractivity (Wildman–Crippen MR) is 34.2 cm³/mol. The van der Waals surface area contributed by atoms with Crippen LogP contribution < -0.4 is 17.2 Å². The van der Waals surface area contributed by atoms with Crippen molar-refractivity contribution in [1.82, 2.24) is 0 Å². The first-order chi connectivity index (χ1) is 3.00. The van der Waals surface area contributed by atoms with E-state index in [-0.39, 0.29) is 0 Å². The fourth-order valence-corrected chi connectivity index (χ4v) is 8.88. The van der Waals surface area contributed by atoms with Gasteiger partial charge >= 0.3 is 55.3 Å². The van der Waals surface area contributed by atoms with Crippen LogP contribution in [-0.2, 0) is 0 Å². The van der Waals surface area contributed by atoms with Crippen LogP contribution in [0.1, 0.15) is 12.8 Å². The van der Waals surface area contributed by atoms with E-state index in [9.17, 15) is 0 Å². The molecule has 0 aromatic carbocycles. The van der Waals surface area contributed by atoms with Gasteiger partial charge in [-0.25, -0.2) is 0 Å². The molecule has 0 aromatic rings. The summed E-state index contributed by atoms with van der Waals surface area (Å²) in [6.07, 6.45) is 2.97. The van der Waals surface area contributed by atoms with Crippen molar-refractivity contribution in [2.75, 3.05) is 4.43 Å². The number of hydrogen-bond donors (Lipinski definition) is 0. The van der Waals surface area contributed by atoms with Gasteiger partial charge in [0.1, 0.15) is 0 Å². The average Bonchev–Trinajstić information content (AvgIpc) is 1.72. The van der Waals surface area contributed by atoms with E-state index in [0.29, 0.717) is 16.8 Å². The summed E-state index contributed by atoms with van der Waals surface area (Å²) in [6, 6.07) is 0. The van der Waals surface area contributed by atoms with Crippen LogP contribution in [0.3, 0.4) is 0 Å². The minimum atomic E-state index is 0.700. The molecule has 2 heteroatoms. The third kappa shape index (κ3) is 1.86. The molecular weight excluding hydrogens is 302 g/mol. The molecule has 0 nitrogen and oxygen atoms in total. The second kappa shape index (κ2) is 3.35. The van der Waals surface area contributed by atoms with Gasteiger partial charge in [-0.05, 0) is 0 Å². The van der Waals surface area contributed by atoms with Gasteiger partial charge in [0.25, 0.3) is 0 Å². The Morgan fingerprint density at radius 3 is 2.83 bits per heavy atom. The summed E-state index contributed by atoms with van der Waals surface area (Å²) in [6.45, 7) is 0. The molecule has 0 unspecified atom stereocenters. The first kappa shape index (κ1) is 5.47. The summed E-state index contributed by atoms with van der Waals surface area (Å²) in [4.78, 5) is 0. The number of halogens is 2. The molecule has 0 aliphatic carbocycles. The van der Waals surface area contributed by atoms with Crippen LogP contribution in [0.15, 0.2) is 0 Å². The molecule has 38 valence electrons. The SMILES string of the molecule is C1=I[I-]CCC1. The van der Waals surface area contributed by atoms with Crippen molar-refractivity contribution in [1.29, 1.82) is 0 Å². The molecule has 0 saturated carbocycles. The van der Waals surface area contributed by atoms with E-state index in [1.807, 2.05) is 0 Å². The third-order valence-electron chi connectivity index (χ3n) is 0.635. The Balaban J connectivity index is 2.26. The van der Waals surface area contributed by atoms with Crippen LogP contribution in [0.5, 0.6) is 0 Å². The molecule has 1 aliphatic rings. The Morgan fingerprint density at radius 2 is 2.67 bits per heavy atom. The van der Waals surface area contributed by atoms with E-state index < -0.39 is 0 Å². The minimum absolute atomic E-state index is 0.700. The molecule has 0 atom stereocenters. The Labute approximate surface area is 54.7 Å². The summed E-state index contributed by atoms with van der Waals surface area (Å²) in [5.74, 6) is 0. The van der Waals surface area contributed by atoms with Gasteiger partial charge in [0.05, 0.1) is 0 Å². The molecule has 0 fully saturated rings. The monoisotopic (exact) mass is 309 g/mol. The molecule has 1 aliphatic heterocycles. The predicted octanol–water partition coefficient (Wildman–Crippen LogP) is -1.44. The van der Waals surface area contributed by atoms with Crippen molar-refractivity contribution >= 4 is 20.8 Å². The molecule has 0 aromatic heterocycles. The van der Waals surface area contributed by atoms with Crippen LogP contribution >= 0.6 is 16.8 Å². The summed E-state index contributed by atoms with van der Waals surface area (Å²) >= 11 is 1.47. The molecule has 0 bridgehead atoms. The standard InChI is InChI=1S/C4H7I2/c1-2-4-6-5-3-1/h3H,1-2,4H2/q-1. The molecule has 1 heterocycles. The molecule has 0 saturated heterocycles. The van der Waals surface area contributed by atoms with Gasteiger partial charge in [0.2, 0.25) is 0 Å². The normalized spacial score (nSPS) is 24.0. The van der Waals surface area contributed by atoms with E-state index in [4.69, 9.17) is 0 Å². The molecular formula is C4H7I2-. The van der Waals surface area contributed by atoms with Gasteiger partial charge in [-0.3, -0.25) is 0 Å². The quantitative estimate of drug-likeness (QED) is 0.380. The first-order valence-corrected chi connectivity index (χ1v) is 11.1. The van der Waals surface area contributed by atoms with Crippen LogP contribution in [-0.4, -0.2) is 8.44 Å². The summed E-state index contributed by atoms with van der Waals surface area (Å²) in [5, 5.41) is 0. The molecule has 0 amide bonds. The van der Waals surface area contributed by atoms with Crippen molar-refractivity contribution in [2.24, 2.45) is 0 Å². The second-order valence-electron chi connectivity index (χ2n) is 1.17. The molecule has 0 radical (unpaired) electrons. The fourth-order valence-electron chi connectivity index (χ4n) is 0.329. The van der Waals surface area contributed by atoms with Gasteiger partial charge in [-0.2, -0.15) is 0 Å². The summed E-state index contributed by atoms with van der Waals surface area (Å²) in [5.41, 5.74) is 0. The Kier molecular flexibility index (Phi) is 3.05. The van der Waals surface area contributed by atoms with Crippen LogP contribution in [0.2, 0.25) is 0 Å². The van der Waals surface area contributed by atoms with Crippen molar-refractivity contribution < 1.29 is 17.2 Å². The van der Waals surface area contributed by atoms with E-state index in [1.165, 1.54) is 12.8 Å². The van der Waals surface area contributed by atoms with Crippen LogP contribution in [0.25, 0.3) is 0 Å². The van der Waals surface area contributed by atoms with Crippen molar-refractivity contribution in [3.63, 3.8) is 0 Å². The van der Waals surface area contributed by atoms with E-state index >= 15 is 0 Å². The zero-order valence-electron chi connectivity index (χ0n) is 3.45. The molecule has 0 spiro atoms. The topological polar surface area (TPSA) is 0 Å². The maximum atomic E-state index is 2.55. The number of alkyl halides is 1. The third-order valence-corrected chi connectivity index (χ3v) is 10.3. The average molecular weight is 309 g/mol. The van der Waals surface area contributed by atoms with Gasteiger partial charge < -0.3 is 0 Å². The molecule has 6 heavy (non-hydrogen) atoms. The second-order valence-corrected chi connectivity index (χ2v) is 11.2. The van der Waals surface area contributed by atoms with Gasteiger partial charge in [0, 0.05) is 0 Å². The van der Waals surface area contributed by atoms with Gasteiger partial charge in [-0.15, -0.1) is 0 Å². The van der Waals surface area contributed by atoms with E-state index in [0.717, 1.165) is 17.2 Å². The Hall–Kier alpha value is 1.33. The summed E-state index contributed by atoms with van der Waals surface area (Å²) in [7, 11) is 0. The summed E-state index contributed by atoms with van der Waals surface area (Å²) < 4.78 is 4.18. The van der Waals surface area contributed by atoms with Crippen molar-refractivity contribution in [3.05, 3.63) is 0 Å². The van der Waals surface area contributed by atoms with E-state index in [1.54, 1.807) is 4.43 Å². The molecule has 0 N–H and O–H groups in total. The zero-order valence-corrected chi connectivity index (χ0v) is 7.77. The van der Waals surface area contributed by atoms with Crippen molar-refractivity contribution in [3.8, 4) is 0 Å². The zero-order chi connectivity index (χ0) is 4.24. The van der Waals surface area contributed by atoms with Crippen molar-refractivity contribution in [2.45, 2.75) is 12.8 Å². The Morgan fingerprint density at radius 1 is 1.67 bits per heavy atom. The Bertz CT molecular complexity index is 50.6. The molecule has 1 rings (SSSR count). The van der Waals surface area contributed by atoms with E-state index in [2.05, 4.69) is 4.01 Å².